The van der Waals surface area contributed by atoms with Crippen LogP contribution in [0.1, 0.15) is 6.42 Å². The van der Waals surface area contributed by atoms with Crippen LogP contribution in [-0.4, -0.2) is 39.6 Å². The number of ether oxygens (including phenoxy) is 3. The highest BCUT2D eigenvalue weighted by Crippen LogP contribution is 2.33. The van der Waals surface area contributed by atoms with E-state index in [2.05, 4.69) is 0 Å². The molecule has 0 aromatic heterocycles. The van der Waals surface area contributed by atoms with E-state index in [1.165, 1.54) is 0 Å². The average Bonchev–Trinajstić information content (AvgIpc) is 2.60. The van der Waals surface area contributed by atoms with E-state index in [9.17, 15) is 4.79 Å². The third-order valence-corrected chi connectivity index (χ3v) is 2.79. The fourth-order valence-electron chi connectivity index (χ4n) is 1.87. The molecule has 1 aromatic carbocycles. The molecule has 0 aliphatic carbocycles. The number of nitrogens with two attached hydrogens (primary N) is 1. The van der Waals surface area contributed by atoms with E-state index in [1.807, 2.05) is 0 Å². The number of carbonyl (C=O) groups excluding carboxylic acids is 1. The van der Waals surface area contributed by atoms with Crippen LogP contribution in [0.2, 0.25) is 0 Å². The van der Waals surface area contributed by atoms with Crippen LogP contribution in [0.4, 0.5) is 16.2 Å². The number of nitrogens with zero attached hydrogens (tertiary/aromatic N) is 1. The summed E-state index contributed by atoms with van der Waals surface area (Å²) in [6.07, 6.45) is 0.349. The van der Waals surface area contributed by atoms with E-state index in [1.54, 1.807) is 30.2 Å². The predicted molar refractivity (Wildman–Crippen MR) is 71.5 cm³/mol. The molecule has 0 saturated carbocycles. The highest BCUT2D eigenvalue weighted by molar-refractivity contribution is 5.90. The number of rotatable bonds is 3. The van der Waals surface area contributed by atoms with Crippen molar-refractivity contribution < 1.29 is 19.0 Å². The molecule has 1 aliphatic rings. The van der Waals surface area contributed by atoms with Crippen LogP contribution in [0.5, 0.6) is 5.75 Å². The number of carbonyl (C=O) groups is 1. The fourth-order valence-corrected chi connectivity index (χ4v) is 1.87. The van der Waals surface area contributed by atoms with Crippen molar-refractivity contribution in [1.29, 1.82) is 0 Å². The molecular formula is C13H18N2O4. The third kappa shape index (κ3) is 3.29. The SMILES string of the molecule is COCCOC(=O)N1CCCOc2cc(N)ccc21. The average molecular weight is 266 g/mol. The van der Waals surface area contributed by atoms with Crippen LogP contribution in [0, 0.1) is 0 Å². The Hall–Kier alpha value is -1.95. The second-order valence-corrected chi connectivity index (χ2v) is 4.19. The summed E-state index contributed by atoms with van der Waals surface area (Å²) in [6, 6.07) is 5.23. The highest BCUT2D eigenvalue weighted by atomic mass is 16.6. The van der Waals surface area contributed by atoms with Crippen LogP contribution in [-0.2, 0) is 9.47 Å². The normalized spacial score (nSPS) is 14.3. The molecule has 6 heteroatoms. The van der Waals surface area contributed by atoms with Gasteiger partial charge >= 0.3 is 6.09 Å². The summed E-state index contributed by atoms with van der Waals surface area (Å²) in [5.74, 6) is 0.612. The van der Waals surface area contributed by atoms with Gasteiger partial charge in [-0.1, -0.05) is 0 Å². The number of amides is 1. The molecule has 0 atom stereocenters. The second kappa shape index (κ2) is 6.29. The van der Waals surface area contributed by atoms with E-state index in [0.717, 1.165) is 6.42 Å². The zero-order chi connectivity index (χ0) is 13.7. The van der Waals surface area contributed by atoms with Crippen molar-refractivity contribution in [2.75, 3.05) is 44.1 Å². The molecule has 19 heavy (non-hydrogen) atoms. The number of benzene rings is 1. The number of hydrogen-bond donors (Lipinski definition) is 1. The molecule has 2 rings (SSSR count). The number of hydrogen-bond acceptors (Lipinski definition) is 5. The molecule has 1 heterocycles. The summed E-state index contributed by atoms with van der Waals surface area (Å²) in [7, 11) is 1.56. The Balaban J connectivity index is 2.15. The summed E-state index contributed by atoms with van der Waals surface area (Å²) in [5, 5.41) is 0. The number of fused-ring (bicyclic) bond motifs is 1. The van der Waals surface area contributed by atoms with Crippen molar-refractivity contribution in [2.45, 2.75) is 6.42 Å². The first kappa shape index (κ1) is 13.5. The first-order chi connectivity index (χ1) is 9.22. The lowest BCUT2D eigenvalue weighted by atomic mass is 10.2. The van der Waals surface area contributed by atoms with Gasteiger partial charge in [-0.05, 0) is 18.6 Å². The maximum absolute atomic E-state index is 12.0. The Bertz CT molecular complexity index is 450. The molecule has 0 unspecified atom stereocenters. The molecule has 1 amide bonds. The lowest BCUT2D eigenvalue weighted by molar-refractivity contribution is 0.103. The van der Waals surface area contributed by atoms with Gasteiger partial charge in [0.15, 0.2) is 0 Å². The summed E-state index contributed by atoms with van der Waals surface area (Å²) < 4.78 is 15.6. The maximum atomic E-state index is 12.0. The summed E-state index contributed by atoms with van der Waals surface area (Å²) >= 11 is 0. The van der Waals surface area contributed by atoms with Gasteiger partial charge in [-0.2, -0.15) is 0 Å². The first-order valence-electron chi connectivity index (χ1n) is 6.18. The smallest absolute Gasteiger partial charge is 0.414 e. The zero-order valence-electron chi connectivity index (χ0n) is 10.9. The minimum Gasteiger partial charge on any atom is -0.491 e. The molecule has 0 fully saturated rings. The van der Waals surface area contributed by atoms with Crippen LogP contribution >= 0.6 is 0 Å². The van der Waals surface area contributed by atoms with Crippen LogP contribution in [0.3, 0.4) is 0 Å². The molecular weight excluding hydrogens is 248 g/mol. The van der Waals surface area contributed by atoms with Crippen molar-refractivity contribution >= 4 is 17.5 Å². The largest absolute Gasteiger partial charge is 0.491 e. The number of methoxy groups -OCH3 is 1. The minimum absolute atomic E-state index is 0.233. The van der Waals surface area contributed by atoms with Crippen molar-refractivity contribution in [1.82, 2.24) is 0 Å². The lowest BCUT2D eigenvalue weighted by Crippen LogP contribution is -2.32. The van der Waals surface area contributed by atoms with E-state index < -0.39 is 6.09 Å². The molecule has 1 aromatic rings. The first-order valence-corrected chi connectivity index (χ1v) is 6.18. The second-order valence-electron chi connectivity index (χ2n) is 4.19. The Kier molecular flexibility index (Phi) is 4.46. The van der Waals surface area contributed by atoms with Gasteiger partial charge in [0.2, 0.25) is 0 Å². The Morgan fingerprint density at radius 1 is 1.47 bits per heavy atom. The molecule has 6 nitrogen and oxygen atoms in total. The van der Waals surface area contributed by atoms with Crippen molar-refractivity contribution in [2.24, 2.45) is 0 Å². The quantitative estimate of drug-likeness (QED) is 0.665. The van der Waals surface area contributed by atoms with E-state index in [0.29, 0.717) is 36.9 Å². The fraction of sp³-hybridized carbons (Fsp3) is 0.462. The van der Waals surface area contributed by atoms with Crippen LogP contribution < -0.4 is 15.4 Å². The summed E-state index contributed by atoms with van der Waals surface area (Å²) in [6.45, 7) is 1.72. The number of anilines is 2. The van der Waals surface area contributed by atoms with Gasteiger partial charge in [0.1, 0.15) is 12.4 Å². The van der Waals surface area contributed by atoms with Crippen molar-refractivity contribution in [3.8, 4) is 5.75 Å². The highest BCUT2D eigenvalue weighted by Gasteiger charge is 2.23. The van der Waals surface area contributed by atoms with Gasteiger partial charge in [-0.25, -0.2) is 4.79 Å². The van der Waals surface area contributed by atoms with Crippen LogP contribution in [0.15, 0.2) is 18.2 Å². The van der Waals surface area contributed by atoms with Gasteiger partial charge < -0.3 is 19.9 Å². The zero-order valence-corrected chi connectivity index (χ0v) is 10.9. The summed E-state index contributed by atoms with van der Waals surface area (Å²) in [5.41, 5.74) is 7.02. The Morgan fingerprint density at radius 2 is 2.32 bits per heavy atom. The predicted octanol–water partition coefficient (Wildman–Crippen LogP) is 1.64. The molecule has 2 N–H and O–H groups in total. The maximum Gasteiger partial charge on any atom is 0.414 e. The van der Waals surface area contributed by atoms with Gasteiger partial charge in [-0.3, -0.25) is 4.90 Å². The minimum atomic E-state index is -0.395. The Morgan fingerprint density at radius 3 is 3.11 bits per heavy atom. The van der Waals surface area contributed by atoms with Gasteiger partial charge in [0, 0.05) is 25.4 Å². The molecule has 104 valence electrons. The summed E-state index contributed by atoms with van der Waals surface area (Å²) in [4.78, 5) is 13.6. The van der Waals surface area contributed by atoms with E-state index in [4.69, 9.17) is 19.9 Å². The molecule has 1 aliphatic heterocycles. The standard InChI is InChI=1S/C13H18N2O4/c1-17-7-8-19-13(16)15-5-2-6-18-12-9-10(14)3-4-11(12)15/h3-4,9H,2,5-8,14H2,1H3. The molecule has 0 spiro atoms. The third-order valence-electron chi connectivity index (χ3n) is 2.79. The van der Waals surface area contributed by atoms with Crippen molar-refractivity contribution in [3.05, 3.63) is 18.2 Å². The van der Waals surface area contributed by atoms with Gasteiger partial charge in [0.25, 0.3) is 0 Å². The molecule has 0 radical (unpaired) electrons. The van der Waals surface area contributed by atoms with Crippen LogP contribution in [0.25, 0.3) is 0 Å². The van der Waals surface area contributed by atoms with E-state index in [-0.39, 0.29) is 6.61 Å². The van der Waals surface area contributed by atoms with Crippen molar-refractivity contribution in [3.63, 3.8) is 0 Å². The molecule has 0 saturated heterocycles. The van der Waals surface area contributed by atoms with E-state index >= 15 is 0 Å². The Labute approximate surface area is 112 Å². The van der Waals surface area contributed by atoms with Gasteiger partial charge in [0.05, 0.1) is 18.9 Å². The van der Waals surface area contributed by atoms with Gasteiger partial charge in [-0.15, -0.1) is 0 Å². The topological polar surface area (TPSA) is 74.0 Å². The molecule has 0 bridgehead atoms. The number of nitrogen functional groups attached to an aromatic ring is 1. The monoisotopic (exact) mass is 266 g/mol. The lowest BCUT2D eigenvalue weighted by Gasteiger charge is -2.21.